The van der Waals surface area contributed by atoms with E-state index in [2.05, 4.69) is 4.99 Å². The Kier molecular flexibility index (Phi) is 4.55. The van der Waals surface area contributed by atoms with Gasteiger partial charge in [-0.15, -0.1) is 0 Å². The van der Waals surface area contributed by atoms with Crippen LogP contribution in [0.25, 0.3) is 0 Å². The number of nitrogens with zero attached hydrogens (tertiary/aromatic N) is 2. The van der Waals surface area contributed by atoms with E-state index in [1.165, 1.54) is 0 Å². The van der Waals surface area contributed by atoms with Gasteiger partial charge in [0.1, 0.15) is 5.84 Å². The Morgan fingerprint density at radius 2 is 2.47 bits per heavy atom. The van der Waals surface area contributed by atoms with Crippen LogP contribution in [0.2, 0.25) is 0 Å². The normalized spacial score (nSPS) is 17.7. The molecule has 0 saturated heterocycles. The summed E-state index contributed by atoms with van der Waals surface area (Å²) < 4.78 is 4.98. The van der Waals surface area contributed by atoms with Gasteiger partial charge in [0.25, 0.3) is 0 Å². The van der Waals surface area contributed by atoms with Gasteiger partial charge in [-0.25, -0.2) is 0 Å². The van der Waals surface area contributed by atoms with Gasteiger partial charge in [0.2, 0.25) is 0 Å². The average molecular weight is 214 g/mol. The van der Waals surface area contributed by atoms with Crippen LogP contribution in [0.3, 0.4) is 0 Å². The zero-order chi connectivity index (χ0) is 11.3. The third-order valence-electron chi connectivity index (χ3n) is 2.56. The van der Waals surface area contributed by atoms with Crippen molar-refractivity contribution in [2.45, 2.75) is 12.8 Å². The molecule has 0 amide bonds. The fraction of sp³-hybridized carbons (Fsp3) is 0.800. The van der Waals surface area contributed by atoms with Crippen molar-refractivity contribution in [3.63, 3.8) is 0 Å². The Balaban J connectivity index is 2.58. The highest BCUT2D eigenvalue weighted by Gasteiger charge is 2.24. The molecule has 0 fully saturated rings. The molecule has 1 aliphatic rings. The van der Waals surface area contributed by atoms with Crippen molar-refractivity contribution < 1.29 is 14.6 Å². The van der Waals surface area contributed by atoms with Crippen LogP contribution in [-0.2, 0) is 9.53 Å². The molecule has 5 nitrogen and oxygen atoms in total. The standard InChI is InChI=1S/C10H18N2O3/c1-12-5-4-11-10(12)8(3-6-15-2)7-9(13)14/h8H,3-7H2,1-2H3,(H,13,14). The van der Waals surface area contributed by atoms with Gasteiger partial charge >= 0.3 is 5.97 Å². The van der Waals surface area contributed by atoms with Gasteiger partial charge in [-0.1, -0.05) is 0 Å². The first-order chi connectivity index (χ1) is 7.15. The first-order valence-electron chi connectivity index (χ1n) is 5.11. The maximum atomic E-state index is 10.7. The molecule has 0 aromatic rings. The van der Waals surface area contributed by atoms with Crippen molar-refractivity contribution in [1.29, 1.82) is 0 Å². The third-order valence-corrected chi connectivity index (χ3v) is 2.56. The maximum Gasteiger partial charge on any atom is 0.304 e. The molecule has 1 rings (SSSR count). The Morgan fingerprint density at radius 1 is 1.73 bits per heavy atom. The molecule has 0 aromatic heterocycles. The molecule has 0 bridgehead atoms. The minimum Gasteiger partial charge on any atom is -0.481 e. The lowest BCUT2D eigenvalue weighted by Crippen LogP contribution is -2.31. The summed E-state index contributed by atoms with van der Waals surface area (Å²) in [6.07, 6.45) is 0.846. The quantitative estimate of drug-likeness (QED) is 0.697. The summed E-state index contributed by atoms with van der Waals surface area (Å²) in [6, 6.07) is 0. The van der Waals surface area contributed by atoms with Crippen LogP contribution in [0.5, 0.6) is 0 Å². The van der Waals surface area contributed by atoms with Crippen molar-refractivity contribution >= 4 is 11.8 Å². The van der Waals surface area contributed by atoms with Gasteiger partial charge in [-0.2, -0.15) is 0 Å². The second-order valence-electron chi connectivity index (χ2n) is 3.74. The van der Waals surface area contributed by atoms with E-state index in [1.807, 2.05) is 11.9 Å². The maximum absolute atomic E-state index is 10.7. The van der Waals surface area contributed by atoms with E-state index in [0.717, 1.165) is 18.9 Å². The molecule has 0 saturated carbocycles. The minimum absolute atomic E-state index is 0.0186. The van der Waals surface area contributed by atoms with E-state index in [4.69, 9.17) is 9.84 Å². The van der Waals surface area contributed by atoms with Crippen LogP contribution >= 0.6 is 0 Å². The van der Waals surface area contributed by atoms with Gasteiger partial charge in [0.15, 0.2) is 0 Å². The monoisotopic (exact) mass is 214 g/mol. The zero-order valence-electron chi connectivity index (χ0n) is 9.27. The Morgan fingerprint density at radius 3 is 2.93 bits per heavy atom. The Hall–Kier alpha value is -1.10. The van der Waals surface area contributed by atoms with Crippen molar-refractivity contribution in [3.05, 3.63) is 0 Å². The summed E-state index contributed by atoms with van der Waals surface area (Å²) in [5.74, 6) is 0.114. The lowest BCUT2D eigenvalue weighted by atomic mass is 10.00. The van der Waals surface area contributed by atoms with Crippen LogP contribution in [-0.4, -0.2) is 55.7 Å². The van der Waals surface area contributed by atoms with E-state index in [-0.39, 0.29) is 12.3 Å². The summed E-state index contributed by atoms with van der Waals surface area (Å²) in [5.41, 5.74) is 0. The summed E-state index contributed by atoms with van der Waals surface area (Å²) >= 11 is 0. The highest BCUT2D eigenvalue weighted by Crippen LogP contribution is 2.16. The van der Waals surface area contributed by atoms with Gasteiger partial charge in [0.05, 0.1) is 13.0 Å². The highest BCUT2D eigenvalue weighted by molar-refractivity contribution is 5.88. The van der Waals surface area contributed by atoms with E-state index in [1.54, 1.807) is 7.11 Å². The van der Waals surface area contributed by atoms with Gasteiger partial charge in [-0.3, -0.25) is 9.79 Å². The lowest BCUT2D eigenvalue weighted by molar-refractivity contribution is -0.137. The van der Waals surface area contributed by atoms with Crippen LogP contribution in [0.15, 0.2) is 4.99 Å². The molecule has 0 aromatic carbocycles. The molecule has 1 N–H and O–H groups in total. The second kappa shape index (κ2) is 5.70. The van der Waals surface area contributed by atoms with Crippen molar-refractivity contribution in [3.8, 4) is 0 Å². The van der Waals surface area contributed by atoms with E-state index < -0.39 is 5.97 Å². The number of carboxylic acid groups (broad SMARTS) is 1. The van der Waals surface area contributed by atoms with E-state index in [0.29, 0.717) is 13.0 Å². The smallest absolute Gasteiger partial charge is 0.304 e. The number of aliphatic imine (C=N–C) groups is 1. The van der Waals surface area contributed by atoms with Crippen LogP contribution < -0.4 is 0 Å². The fourth-order valence-corrected chi connectivity index (χ4v) is 1.78. The van der Waals surface area contributed by atoms with Gasteiger partial charge < -0.3 is 14.7 Å². The first kappa shape index (κ1) is 12.0. The number of carboxylic acids is 1. The summed E-state index contributed by atoms with van der Waals surface area (Å²) in [5, 5.41) is 8.82. The SMILES string of the molecule is COCCC(CC(=O)O)C1=NCCN1C. The molecule has 15 heavy (non-hydrogen) atoms. The number of hydrogen-bond donors (Lipinski definition) is 1. The number of amidine groups is 1. The number of likely N-dealkylation sites (N-methyl/N-ethyl adjacent to an activating group) is 1. The number of rotatable bonds is 6. The first-order valence-corrected chi connectivity index (χ1v) is 5.11. The van der Waals surface area contributed by atoms with Gasteiger partial charge in [0, 0.05) is 33.2 Å². The molecule has 1 unspecified atom stereocenters. The van der Waals surface area contributed by atoms with Crippen LogP contribution in [0.4, 0.5) is 0 Å². The average Bonchev–Trinajstić information content (AvgIpc) is 2.58. The minimum atomic E-state index is -0.779. The summed E-state index contributed by atoms with van der Waals surface area (Å²) in [6.45, 7) is 2.23. The summed E-state index contributed by atoms with van der Waals surface area (Å²) in [4.78, 5) is 17.1. The number of methoxy groups -OCH3 is 1. The third kappa shape index (κ3) is 3.51. The summed E-state index contributed by atoms with van der Waals surface area (Å²) in [7, 11) is 3.57. The zero-order valence-corrected chi connectivity index (χ0v) is 9.27. The number of carbonyl (C=O) groups is 1. The second-order valence-corrected chi connectivity index (χ2v) is 3.74. The highest BCUT2D eigenvalue weighted by atomic mass is 16.5. The van der Waals surface area contributed by atoms with Gasteiger partial charge in [-0.05, 0) is 6.42 Å². The molecule has 86 valence electrons. The Labute approximate surface area is 89.7 Å². The number of ether oxygens (including phenoxy) is 1. The van der Waals surface area contributed by atoms with Crippen molar-refractivity contribution in [2.24, 2.45) is 10.9 Å². The molecular formula is C10H18N2O3. The number of aliphatic carboxylic acids is 1. The van der Waals surface area contributed by atoms with E-state index in [9.17, 15) is 4.79 Å². The Bertz CT molecular complexity index is 253. The molecular weight excluding hydrogens is 196 g/mol. The molecule has 1 heterocycles. The predicted octanol–water partition coefficient (Wildman–Crippen LogP) is 0.458. The molecule has 5 heteroatoms. The lowest BCUT2D eigenvalue weighted by Gasteiger charge is -2.21. The topological polar surface area (TPSA) is 62.1 Å². The van der Waals surface area contributed by atoms with Crippen LogP contribution in [0, 0.1) is 5.92 Å². The van der Waals surface area contributed by atoms with Crippen molar-refractivity contribution in [2.75, 3.05) is 33.9 Å². The fourth-order valence-electron chi connectivity index (χ4n) is 1.78. The largest absolute Gasteiger partial charge is 0.481 e. The molecule has 0 spiro atoms. The van der Waals surface area contributed by atoms with E-state index >= 15 is 0 Å². The number of hydrogen-bond acceptors (Lipinski definition) is 4. The molecule has 1 aliphatic heterocycles. The molecule has 1 atom stereocenters. The van der Waals surface area contributed by atoms with Crippen molar-refractivity contribution in [1.82, 2.24) is 4.90 Å². The molecule has 0 aliphatic carbocycles. The van der Waals surface area contributed by atoms with Crippen LogP contribution in [0.1, 0.15) is 12.8 Å². The molecule has 0 radical (unpaired) electrons. The predicted molar refractivity (Wildman–Crippen MR) is 57.2 cm³/mol.